The van der Waals surface area contributed by atoms with Crippen LogP contribution < -0.4 is 0 Å². The van der Waals surface area contributed by atoms with E-state index < -0.39 is 5.97 Å². The number of azide groups is 1. The highest BCUT2D eigenvalue weighted by molar-refractivity contribution is 9.10. The van der Waals surface area contributed by atoms with Crippen LogP contribution in [0.2, 0.25) is 0 Å². The van der Waals surface area contributed by atoms with Gasteiger partial charge in [-0.15, -0.1) is 0 Å². The number of hydrogen-bond donors (Lipinski definition) is 0. The number of ether oxygens (including phenoxy) is 1. The van der Waals surface area contributed by atoms with Crippen LogP contribution >= 0.6 is 15.9 Å². The van der Waals surface area contributed by atoms with E-state index in [1.165, 1.54) is 25.3 Å². The van der Waals surface area contributed by atoms with Gasteiger partial charge in [-0.25, -0.2) is 4.79 Å². The number of nitrogens with zero attached hydrogens (tertiary/aromatic N) is 3. The van der Waals surface area contributed by atoms with E-state index in [1.54, 1.807) is 0 Å². The molecule has 6 heteroatoms. The molecule has 1 aromatic rings. The average molecular weight is 256 g/mol. The summed E-state index contributed by atoms with van der Waals surface area (Å²) in [7, 11) is 1.30. The molecule has 0 saturated carbocycles. The molecule has 0 aromatic heterocycles. The molecule has 0 amide bonds. The van der Waals surface area contributed by atoms with Crippen molar-refractivity contribution < 1.29 is 9.53 Å². The predicted octanol–water partition coefficient (Wildman–Crippen LogP) is 3.18. The smallest absolute Gasteiger partial charge is 0.337 e. The molecule has 0 fully saturated rings. The lowest BCUT2D eigenvalue weighted by Gasteiger charge is -2.01. The van der Waals surface area contributed by atoms with Gasteiger partial charge < -0.3 is 4.74 Å². The van der Waals surface area contributed by atoms with E-state index in [-0.39, 0.29) is 0 Å². The Morgan fingerprint density at radius 1 is 1.64 bits per heavy atom. The zero-order valence-electron chi connectivity index (χ0n) is 7.27. The normalized spacial score (nSPS) is 9.00. The summed E-state index contributed by atoms with van der Waals surface area (Å²) < 4.78 is 5.08. The standard InChI is InChI=1S/C8H6BrN3O2/c1-14-8(13)5-2-3-7(11-12-10)6(9)4-5/h2-4H,1H3. The monoisotopic (exact) mass is 255 g/mol. The van der Waals surface area contributed by atoms with Gasteiger partial charge in [0, 0.05) is 9.38 Å². The number of methoxy groups -OCH3 is 1. The van der Waals surface area contributed by atoms with Crippen LogP contribution in [-0.2, 0) is 4.74 Å². The first-order valence-electron chi connectivity index (χ1n) is 3.62. The third kappa shape index (κ3) is 2.25. The molecular formula is C8H6BrN3O2. The molecule has 0 unspecified atom stereocenters. The Bertz CT molecular complexity index is 413. The first-order chi connectivity index (χ1) is 6.69. The fraction of sp³-hybridized carbons (Fsp3) is 0.125. The second kappa shape index (κ2) is 4.64. The maximum atomic E-state index is 11.1. The van der Waals surface area contributed by atoms with Crippen LogP contribution in [0.5, 0.6) is 0 Å². The molecule has 0 bridgehead atoms. The Kier molecular flexibility index (Phi) is 3.50. The molecule has 0 radical (unpaired) electrons. The fourth-order valence-electron chi connectivity index (χ4n) is 0.881. The highest BCUT2D eigenvalue weighted by atomic mass is 79.9. The van der Waals surface area contributed by atoms with E-state index in [4.69, 9.17) is 5.53 Å². The van der Waals surface area contributed by atoms with E-state index in [0.717, 1.165) is 0 Å². The number of halogens is 1. The van der Waals surface area contributed by atoms with Gasteiger partial charge in [0.15, 0.2) is 0 Å². The molecular weight excluding hydrogens is 250 g/mol. The SMILES string of the molecule is COC(=O)c1ccc(N=[N+]=[N-])c(Br)c1. The highest BCUT2D eigenvalue weighted by Crippen LogP contribution is 2.26. The van der Waals surface area contributed by atoms with E-state index >= 15 is 0 Å². The van der Waals surface area contributed by atoms with Crippen LogP contribution in [0.15, 0.2) is 27.8 Å². The van der Waals surface area contributed by atoms with Crippen molar-refractivity contribution in [3.8, 4) is 0 Å². The Morgan fingerprint density at radius 3 is 2.86 bits per heavy atom. The van der Waals surface area contributed by atoms with E-state index in [2.05, 4.69) is 30.7 Å². The molecule has 1 aromatic carbocycles. The maximum absolute atomic E-state index is 11.1. The summed E-state index contributed by atoms with van der Waals surface area (Å²) in [5.74, 6) is -0.432. The van der Waals surface area contributed by atoms with Gasteiger partial charge in [-0.3, -0.25) is 0 Å². The van der Waals surface area contributed by atoms with Crippen molar-refractivity contribution in [2.45, 2.75) is 0 Å². The van der Waals surface area contributed by atoms with Gasteiger partial charge in [0.05, 0.1) is 18.4 Å². The van der Waals surface area contributed by atoms with Crippen molar-refractivity contribution >= 4 is 27.6 Å². The number of benzene rings is 1. The number of esters is 1. The highest BCUT2D eigenvalue weighted by Gasteiger charge is 2.06. The molecule has 5 nitrogen and oxygen atoms in total. The van der Waals surface area contributed by atoms with E-state index in [1.807, 2.05) is 0 Å². The molecule has 0 saturated heterocycles. The lowest BCUT2D eigenvalue weighted by atomic mass is 10.2. The van der Waals surface area contributed by atoms with Crippen molar-refractivity contribution in [2.24, 2.45) is 5.11 Å². The van der Waals surface area contributed by atoms with Gasteiger partial charge in [0.25, 0.3) is 0 Å². The zero-order chi connectivity index (χ0) is 10.6. The quantitative estimate of drug-likeness (QED) is 0.352. The van der Waals surface area contributed by atoms with Crippen molar-refractivity contribution in [1.82, 2.24) is 0 Å². The van der Waals surface area contributed by atoms with Gasteiger partial charge >= 0.3 is 5.97 Å². The van der Waals surface area contributed by atoms with Gasteiger partial charge in [0.2, 0.25) is 0 Å². The molecule has 0 aliphatic rings. The molecule has 72 valence electrons. The summed E-state index contributed by atoms with van der Waals surface area (Å²) in [5.41, 5.74) is 9.04. The van der Waals surface area contributed by atoms with Crippen LogP contribution in [0.3, 0.4) is 0 Å². The first-order valence-corrected chi connectivity index (χ1v) is 4.41. The summed E-state index contributed by atoms with van der Waals surface area (Å²) in [5, 5.41) is 3.41. The van der Waals surface area contributed by atoms with Crippen LogP contribution in [-0.4, -0.2) is 13.1 Å². The van der Waals surface area contributed by atoms with Crippen LogP contribution in [0.1, 0.15) is 10.4 Å². The Hall–Kier alpha value is -1.52. The predicted molar refractivity (Wildman–Crippen MR) is 54.3 cm³/mol. The second-order valence-electron chi connectivity index (χ2n) is 2.35. The minimum absolute atomic E-state index is 0.399. The average Bonchev–Trinajstić information content (AvgIpc) is 2.20. The van der Waals surface area contributed by atoms with Crippen molar-refractivity contribution in [3.63, 3.8) is 0 Å². The fourth-order valence-corrected chi connectivity index (χ4v) is 1.34. The molecule has 0 spiro atoms. The molecule has 0 heterocycles. The van der Waals surface area contributed by atoms with Gasteiger partial charge in [-0.05, 0) is 17.7 Å². The van der Waals surface area contributed by atoms with Crippen molar-refractivity contribution in [3.05, 3.63) is 38.7 Å². The van der Waals surface area contributed by atoms with Crippen LogP contribution in [0.4, 0.5) is 5.69 Å². The molecule has 1 rings (SSSR count). The summed E-state index contributed by atoms with van der Waals surface area (Å²) in [6, 6.07) is 4.60. The number of rotatable bonds is 2. The summed E-state index contributed by atoms with van der Waals surface area (Å²) in [6.45, 7) is 0. The van der Waals surface area contributed by atoms with Gasteiger partial charge in [-0.1, -0.05) is 27.1 Å². The van der Waals surface area contributed by atoms with Crippen LogP contribution in [0, 0.1) is 0 Å². The molecule has 0 aliphatic carbocycles. The zero-order valence-corrected chi connectivity index (χ0v) is 8.85. The minimum atomic E-state index is -0.432. The molecule has 0 N–H and O–H groups in total. The summed E-state index contributed by atoms with van der Waals surface area (Å²) in [6.07, 6.45) is 0. The van der Waals surface area contributed by atoms with Crippen molar-refractivity contribution in [1.29, 1.82) is 0 Å². The molecule has 14 heavy (non-hydrogen) atoms. The maximum Gasteiger partial charge on any atom is 0.337 e. The van der Waals surface area contributed by atoms with E-state index in [9.17, 15) is 4.79 Å². The largest absolute Gasteiger partial charge is 0.465 e. The first kappa shape index (κ1) is 10.6. The van der Waals surface area contributed by atoms with Gasteiger partial charge in [-0.2, -0.15) is 0 Å². The molecule has 0 aliphatic heterocycles. The molecule has 0 atom stereocenters. The summed E-state index contributed by atoms with van der Waals surface area (Å²) >= 11 is 3.17. The van der Waals surface area contributed by atoms with Gasteiger partial charge in [0.1, 0.15) is 0 Å². The second-order valence-corrected chi connectivity index (χ2v) is 3.20. The summed E-state index contributed by atoms with van der Waals surface area (Å²) in [4.78, 5) is 13.7. The number of hydrogen-bond acceptors (Lipinski definition) is 3. The topological polar surface area (TPSA) is 75.1 Å². The lowest BCUT2D eigenvalue weighted by Crippen LogP contribution is -2.00. The number of carbonyl (C=O) groups excluding carboxylic acids is 1. The van der Waals surface area contributed by atoms with Crippen LogP contribution in [0.25, 0.3) is 10.4 Å². The lowest BCUT2D eigenvalue weighted by molar-refractivity contribution is 0.0600. The third-order valence-electron chi connectivity index (χ3n) is 1.52. The third-order valence-corrected chi connectivity index (χ3v) is 2.16. The van der Waals surface area contributed by atoms with Crippen molar-refractivity contribution in [2.75, 3.05) is 7.11 Å². The Morgan fingerprint density at radius 2 is 2.36 bits per heavy atom. The Balaban J connectivity index is 3.12. The van der Waals surface area contributed by atoms with E-state index in [0.29, 0.717) is 15.7 Å². The Labute approximate surface area is 88.4 Å². The number of carbonyl (C=O) groups is 1. The minimum Gasteiger partial charge on any atom is -0.465 e.